The van der Waals surface area contributed by atoms with Gasteiger partial charge in [-0.05, 0) is 19.1 Å². The quantitative estimate of drug-likeness (QED) is 0.840. The first-order valence-corrected chi connectivity index (χ1v) is 10.1. The molecule has 1 aromatic heterocycles. The fourth-order valence-electron chi connectivity index (χ4n) is 2.53. The second kappa shape index (κ2) is 7.00. The molecule has 0 bridgehead atoms. The number of aromatic nitrogens is 1. The number of carbonyl (C=O) groups is 1. The Morgan fingerprint density at radius 1 is 1.33 bits per heavy atom. The lowest BCUT2D eigenvalue weighted by Crippen LogP contribution is -2.59. The lowest BCUT2D eigenvalue weighted by atomic mass is 10.1. The molecule has 1 aromatic carbocycles. The Hall–Kier alpha value is -1.77. The molecule has 0 radical (unpaired) electrons. The van der Waals surface area contributed by atoms with E-state index in [0.717, 1.165) is 10.7 Å². The number of aryl methyl sites for hydroxylation is 1. The van der Waals surface area contributed by atoms with Crippen LogP contribution in [0.3, 0.4) is 0 Å². The van der Waals surface area contributed by atoms with Gasteiger partial charge in [-0.15, -0.1) is 11.3 Å². The summed E-state index contributed by atoms with van der Waals surface area (Å²) in [6.07, 6.45) is 0.572. The van der Waals surface area contributed by atoms with Crippen LogP contribution in [0.5, 0.6) is 0 Å². The summed E-state index contributed by atoms with van der Waals surface area (Å²) in [5.41, 5.74) is 1.48. The molecular weight excluding hydrogens is 346 g/mol. The highest BCUT2D eigenvalue weighted by Gasteiger charge is 2.39. The van der Waals surface area contributed by atoms with Crippen LogP contribution in [-0.4, -0.2) is 49.1 Å². The number of likely N-dealkylation sites (tertiary alicyclic amines) is 1. The van der Waals surface area contributed by atoms with E-state index in [0.29, 0.717) is 18.5 Å². The monoisotopic (exact) mass is 365 g/mol. The molecule has 1 aliphatic heterocycles. The van der Waals surface area contributed by atoms with Crippen LogP contribution in [0.2, 0.25) is 0 Å². The van der Waals surface area contributed by atoms with Crippen LogP contribution in [0.1, 0.15) is 21.1 Å². The van der Waals surface area contributed by atoms with E-state index in [2.05, 4.69) is 9.71 Å². The van der Waals surface area contributed by atoms with Gasteiger partial charge in [-0.3, -0.25) is 4.79 Å². The highest BCUT2D eigenvalue weighted by molar-refractivity contribution is 7.90. The van der Waals surface area contributed by atoms with Gasteiger partial charge in [-0.1, -0.05) is 18.2 Å². The molecular formula is C16H19N3O3S2. The highest BCUT2D eigenvalue weighted by atomic mass is 32.2. The number of rotatable bonds is 6. The predicted molar refractivity (Wildman–Crippen MR) is 93.6 cm³/mol. The molecule has 1 saturated heterocycles. The Kier molecular flexibility index (Phi) is 4.98. The molecule has 2 aromatic rings. The molecule has 1 amide bonds. The van der Waals surface area contributed by atoms with E-state index in [4.69, 9.17) is 0 Å². The Labute approximate surface area is 145 Å². The first kappa shape index (κ1) is 17.1. The number of sulfonamides is 1. The number of hydrogen-bond donors (Lipinski definition) is 1. The van der Waals surface area contributed by atoms with Gasteiger partial charge in [-0.25, -0.2) is 18.1 Å². The van der Waals surface area contributed by atoms with Crippen molar-refractivity contribution in [1.29, 1.82) is 0 Å². The van der Waals surface area contributed by atoms with E-state index < -0.39 is 15.3 Å². The minimum absolute atomic E-state index is 0.125. The van der Waals surface area contributed by atoms with E-state index in [1.807, 2.05) is 18.4 Å². The number of nitrogens with one attached hydrogen (secondary N) is 1. The summed E-state index contributed by atoms with van der Waals surface area (Å²) in [4.78, 5) is 18.1. The Morgan fingerprint density at radius 2 is 2.04 bits per heavy atom. The van der Waals surface area contributed by atoms with E-state index in [9.17, 15) is 13.2 Å². The van der Waals surface area contributed by atoms with Crippen LogP contribution in [-0.2, 0) is 16.4 Å². The Morgan fingerprint density at radius 3 is 2.67 bits per heavy atom. The van der Waals surface area contributed by atoms with Crippen LogP contribution in [0, 0.1) is 6.92 Å². The van der Waals surface area contributed by atoms with Gasteiger partial charge in [0.1, 0.15) is 5.25 Å². The smallest absolute Gasteiger partial charge is 0.253 e. The van der Waals surface area contributed by atoms with E-state index in [1.165, 1.54) is 0 Å². The van der Waals surface area contributed by atoms with Crippen LogP contribution < -0.4 is 4.72 Å². The SMILES string of the molecule is Cc1nc(CCNS(=O)(=O)C2CN(C(=O)c3ccccc3)C2)cs1. The summed E-state index contributed by atoms with van der Waals surface area (Å²) in [6, 6.07) is 8.90. The van der Waals surface area contributed by atoms with E-state index in [1.54, 1.807) is 40.5 Å². The number of benzene rings is 1. The maximum absolute atomic E-state index is 12.2. The van der Waals surface area contributed by atoms with Crippen LogP contribution in [0.15, 0.2) is 35.7 Å². The number of amides is 1. The van der Waals surface area contributed by atoms with Gasteiger partial charge < -0.3 is 4.90 Å². The molecule has 3 rings (SSSR count). The summed E-state index contributed by atoms with van der Waals surface area (Å²) in [5.74, 6) is -0.125. The molecule has 0 aliphatic carbocycles. The molecule has 0 unspecified atom stereocenters. The Balaban J connectivity index is 1.48. The number of nitrogens with zero attached hydrogens (tertiary/aromatic N) is 2. The molecule has 128 valence electrons. The molecule has 0 atom stereocenters. The summed E-state index contributed by atoms with van der Waals surface area (Å²) >= 11 is 1.55. The fourth-order valence-corrected chi connectivity index (χ4v) is 4.55. The van der Waals surface area contributed by atoms with Gasteiger partial charge in [0.25, 0.3) is 5.91 Å². The fraction of sp³-hybridized carbons (Fsp3) is 0.375. The van der Waals surface area contributed by atoms with Gasteiger partial charge >= 0.3 is 0 Å². The average Bonchev–Trinajstić information content (AvgIpc) is 2.91. The van der Waals surface area contributed by atoms with Crippen molar-refractivity contribution in [3.8, 4) is 0 Å². The van der Waals surface area contributed by atoms with Crippen LogP contribution in [0.25, 0.3) is 0 Å². The van der Waals surface area contributed by atoms with Crippen molar-refractivity contribution in [2.24, 2.45) is 0 Å². The van der Waals surface area contributed by atoms with Gasteiger partial charge in [0.15, 0.2) is 0 Å². The van der Waals surface area contributed by atoms with Crippen molar-refractivity contribution in [2.75, 3.05) is 19.6 Å². The zero-order valence-corrected chi connectivity index (χ0v) is 14.9. The van der Waals surface area contributed by atoms with Crippen molar-refractivity contribution >= 4 is 27.3 Å². The Bertz CT molecular complexity index is 812. The number of hydrogen-bond acceptors (Lipinski definition) is 5. The van der Waals surface area contributed by atoms with Gasteiger partial charge in [0.05, 0.1) is 10.7 Å². The largest absolute Gasteiger partial charge is 0.336 e. The molecule has 24 heavy (non-hydrogen) atoms. The summed E-state index contributed by atoms with van der Waals surface area (Å²) < 4.78 is 27.1. The molecule has 0 saturated carbocycles. The minimum atomic E-state index is -3.40. The van der Waals surface area contributed by atoms with Crippen molar-refractivity contribution in [3.05, 3.63) is 52.0 Å². The standard InChI is InChI=1S/C16H19N3O3S2/c1-12-18-14(11-23-12)7-8-17-24(21,22)15-9-19(10-15)16(20)13-5-3-2-4-6-13/h2-6,11,15,17H,7-10H2,1H3. The molecule has 1 fully saturated rings. The molecule has 2 heterocycles. The van der Waals surface area contributed by atoms with Crippen LogP contribution in [0.4, 0.5) is 0 Å². The lowest BCUT2D eigenvalue weighted by Gasteiger charge is -2.38. The molecule has 1 aliphatic rings. The molecule has 0 spiro atoms. The third kappa shape index (κ3) is 3.82. The summed E-state index contributed by atoms with van der Waals surface area (Å²) in [7, 11) is -3.40. The van der Waals surface area contributed by atoms with E-state index in [-0.39, 0.29) is 19.0 Å². The van der Waals surface area contributed by atoms with Crippen molar-refractivity contribution < 1.29 is 13.2 Å². The van der Waals surface area contributed by atoms with Crippen molar-refractivity contribution in [2.45, 2.75) is 18.6 Å². The maximum atomic E-state index is 12.2. The second-order valence-corrected chi connectivity index (χ2v) is 8.85. The predicted octanol–water partition coefficient (Wildman–Crippen LogP) is 1.44. The van der Waals surface area contributed by atoms with Crippen molar-refractivity contribution in [3.63, 3.8) is 0 Å². The zero-order valence-electron chi connectivity index (χ0n) is 13.3. The first-order valence-electron chi connectivity index (χ1n) is 7.69. The number of carbonyl (C=O) groups excluding carboxylic acids is 1. The third-order valence-electron chi connectivity index (χ3n) is 3.95. The van der Waals surface area contributed by atoms with Gasteiger partial charge in [0, 0.05) is 37.0 Å². The average molecular weight is 365 g/mol. The topological polar surface area (TPSA) is 79.4 Å². The number of thiazole rings is 1. The zero-order chi connectivity index (χ0) is 17.2. The lowest BCUT2D eigenvalue weighted by molar-refractivity contribution is 0.0658. The molecule has 1 N–H and O–H groups in total. The van der Waals surface area contributed by atoms with Crippen molar-refractivity contribution in [1.82, 2.24) is 14.6 Å². The summed E-state index contributed by atoms with van der Waals surface area (Å²) in [6.45, 7) is 2.72. The van der Waals surface area contributed by atoms with Gasteiger partial charge in [0.2, 0.25) is 10.0 Å². The highest BCUT2D eigenvalue weighted by Crippen LogP contribution is 2.18. The third-order valence-corrected chi connectivity index (χ3v) is 6.55. The molecule has 6 nitrogen and oxygen atoms in total. The molecule has 8 heteroatoms. The van der Waals surface area contributed by atoms with E-state index >= 15 is 0 Å². The van der Waals surface area contributed by atoms with Crippen LogP contribution >= 0.6 is 11.3 Å². The summed E-state index contributed by atoms with van der Waals surface area (Å²) in [5, 5.41) is 2.37. The normalized spacial score (nSPS) is 15.3. The maximum Gasteiger partial charge on any atom is 0.253 e. The minimum Gasteiger partial charge on any atom is -0.336 e. The van der Waals surface area contributed by atoms with Gasteiger partial charge in [-0.2, -0.15) is 0 Å². The second-order valence-electron chi connectivity index (χ2n) is 5.75. The first-order chi connectivity index (χ1) is 11.5.